The van der Waals surface area contributed by atoms with Crippen molar-refractivity contribution in [3.8, 4) is 0 Å². The summed E-state index contributed by atoms with van der Waals surface area (Å²) in [5.74, 6) is 0.145. The van der Waals surface area contributed by atoms with Gasteiger partial charge in [-0.05, 0) is 27.9 Å². The van der Waals surface area contributed by atoms with Crippen LogP contribution in [0.4, 0.5) is 0 Å². The summed E-state index contributed by atoms with van der Waals surface area (Å²) < 4.78 is 0.687. The van der Waals surface area contributed by atoms with E-state index >= 15 is 0 Å². The second kappa shape index (κ2) is 4.40. The number of rotatable bonds is 2. The maximum Gasteiger partial charge on any atom is 0.106 e. The van der Waals surface area contributed by atoms with Gasteiger partial charge in [-0.25, -0.2) is 4.98 Å². The van der Waals surface area contributed by atoms with Crippen LogP contribution < -0.4 is 0 Å². The molecule has 1 unspecified atom stereocenters. The molecule has 1 rings (SSSR count). The van der Waals surface area contributed by atoms with Crippen molar-refractivity contribution < 1.29 is 5.11 Å². The Labute approximate surface area is 91.1 Å². The molecule has 2 nitrogen and oxygen atoms in total. The molecule has 0 bridgehead atoms. The molecule has 1 atom stereocenters. The molecule has 1 N–H and O–H groups in total. The number of aliphatic hydroxyl groups is 1. The minimum atomic E-state index is -0.535. The van der Waals surface area contributed by atoms with Gasteiger partial charge in [0.2, 0.25) is 0 Å². The van der Waals surface area contributed by atoms with Gasteiger partial charge < -0.3 is 5.11 Å². The highest BCUT2D eigenvalue weighted by Gasteiger charge is 2.15. The molecule has 0 aromatic carbocycles. The van der Waals surface area contributed by atoms with Gasteiger partial charge in [-0.1, -0.05) is 25.4 Å². The fourth-order valence-corrected chi connectivity index (χ4v) is 1.58. The number of halogens is 2. The number of aromatic nitrogens is 1. The van der Waals surface area contributed by atoms with E-state index in [0.29, 0.717) is 9.63 Å². The Kier molecular flexibility index (Phi) is 3.71. The van der Waals surface area contributed by atoms with Gasteiger partial charge in [0.05, 0.1) is 11.1 Å². The first-order valence-corrected chi connectivity index (χ1v) is 5.18. The molecule has 1 heterocycles. The van der Waals surface area contributed by atoms with E-state index in [1.807, 2.05) is 13.8 Å². The number of pyridine rings is 1. The van der Waals surface area contributed by atoms with E-state index in [9.17, 15) is 5.11 Å². The van der Waals surface area contributed by atoms with E-state index in [2.05, 4.69) is 20.9 Å². The minimum absolute atomic E-state index is 0.145. The summed E-state index contributed by atoms with van der Waals surface area (Å²) in [5.41, 5.74) is 0.721. The Morgan fingerprint density at radius 2 is 2.15 bits per heavy atom. The van der Waals surface area contributed by atoms with Gasteiger partial charge in [0.1, 0.15) is 4.60 Å². The van der Waals surface area contributed by atoms with Gasteiger partial charge in [0, 0.05) is 11.8 Å². The van der Waals surface area contributed by atoms with Crippen molar-refractivity contribution in [3.05, 3.63) is 27.5 Å². The Bertz CT molecular complexity index is 304. The number of hydrogen-bond acceptors (Lipinski definition) is 2. The Morgan fingerprint density at radius 1 is 1.54 bits per heavy atom. The molecule has 0 saturated carbocycles. The van der Waals surface area contributed by atoms with E-state index in [4.69, 9.17) is 11.6 Å². The lowest BCUT2D eigenvalue weighted by Crippen LogP contribution is -2.06. The third-order valence-electron chi connectivity index (χ3n) is 1.80. The van der Waals surface area contributed by atoms with Crippen LogP contribution in [-0.4, -0.2) is 10.1 Å². The normalized spacial score (nSPS) is 13.4. The van der Waals surface area contributed by atoms with Gasteiger partial charge in [0.25, 0.3) is 0 Å². The second-order valence-electron chi connectivity index (χ2n) is 3.22. The van der Waals surface area contributed by atoms with Crippen molar-refractivity contribution in [2.45, 2.75) is 20.0 Å². The van der Waals surface area contributed by atoms with Gasteiger partial charge in [-0.2, -0.15) is 0 Å². The van der Waals surface area contributed by atoms with Crippen molar-refractivity contribution in [1.82, 2.24) is 4.98 Å². The number of aliphatic hydroxyl groups excluding tert-OH is 1. The first-order chi connectivity index (χ1) is 6.02. The molecule has 0 aliphatic carbocycles. The molecule has 0 amide bonds. The summed E-state index contributed by atoms with van der Waals surface area (Å²) in [6, 6.07) is 1.74. The molecule has 1 aromatic rings. The Morgan fingerprint density at radius 3 is 2.69 bits per heavy atom. The topological polar surface area (TPSA) is 33.1 Å². The molecule has 0 spiro atoms. The van der Waals surface area contributed by atoms with Crippen LogP contribution in [0.3, 0.4) is 0 Å². The zero-order chi connectivity index (χ0) is 10.0. The lowest BCUT2D eigenvalue weighted by Gasteiger charge is -2.15. The van der Waals surface area contributed by atoms with E-state index in [1.165, 1.54) is 6.20 Å². The van der Waals surface area contributed by atoms with Gasteiger partial charge >= 0.3 is 0 Å². The number of nitrogens with zero attached hydrogens (tertiary/aromatic N) is 1. The third-order valence-corrected chi connectivity index (χ3v) is 2.55. The van der Waals surface area contributed by atoms with E-state index in [1.54, 1.807) is 6.07 Å². The van der Waals surface area contributed by atoms with Crippen LogP contribution in [0.2, 0.25) is 5.02 Å². The smallest absolute Gasteiger partial charge is 0.106 e. The molecule has 1 aromatic heterocycles. The summed E-state index contributed by atoms with van der Waals surface area (Å²) in [5, 5.41) is 10.3. The monoisotopic (exact) mass is 263 g/mol. The second-order valence-corrected chi connectivity index (χ2v) is 4.44. The van der Waals surface area contributed by atoms with Gasteiger partial charge in [0.15, 0.2) is 0 Å². The standard InChI is InChI=1S/C9H11BrClNO/c1-5(2)9(13)6-3-8(10)12-4-7(6)11/h3-5,9,13H,1-2H3. The maximum absolute atomic E-state index is 9.77. The first-order valence-electron chi connectivity index (χ1n) is 4.01. The lowest BCUT2D eigenvalue weighted by atomic mass is 10.0. The zero-order valence-electron chi connectivity index (χ0n) is 7.46. The summed E-state index contributed by atoms with van der Waals surface area (Å²) in [7, 11) is 0. The van der Waals surface area contributed by atoms with Crippen molar-refractivity contribution in [1.29, 1.82) is 0 Å². The zero-order valence-corrected chi connectivity index (χ0v) is 9.80. The van der Waals surface area contributed by atoms with Crippen LogP contribution >= 0.6 is 27.5 Å². The maximum atomic E-state index is 9.77. The van der Waals surface area contributed by atoms with E-state index in [0.717, 1.165) is 5.56 Å². The van der Waals surface area contributed by atoms with Crippen LogP contribution in [0.15, 0.2) is 16.9 Å². The van der Waals surface area contributed by atoms with E-state index in [-0.39, 0.29) is 5.92 Å². The van der Waals surface area contributed by atoms with Crippen LogP contribution in [-0.2, 0) is 0 Å². The largest absolute Gasteiger partial charge is 0.388 e. The molecule has 0 saturated heterocycles. The SMILES string of the molecule is CC(C)C(O)c1cc(Br)ncc1Cl. The fourth-order valence-electron chi connectivity index (χ4n) is 1.01. The van der Waals surface area contributed by atoms with Crippen LogP contribution in [0, 0.1) is 5.92 Å². The summed E-state index contributed by atoms with van der Waals surface area (Å²) in [6.45, 7) is 3.88. The minimum Gasteiger partial charge on any atom is -0.388 e. The molecule has 13 heavy (non-hydrogen) atoms. The van der Waals surface area contributed by atoms with Crippen molar-refractivity contribution in [2.75, 3.05) is 0 Å². The van der Waals surface area contributed by atoms with Crippen LogP contribution in [0.25, 0.3) is 0 Å². The summed E-state index contributed by atoms with van der Waals surface area (Å²) in [6.07, 6.45) is 0.999. The highest BCUT2D eigenvalue weighted by atomic mass is 79.9. The molecular formula is C9H11BrClNO. The quantitative estimate of drug-likeness (QED) is 0.832. The van der Waals surface area contributed by atoms with Gasteiger partial charge in [-0.3, -0.25) is 0 Å². The Balaban J connectivity index is 3.05. The van der Waals surface area contributed by atoms with Crippen molar-refractivity contribution in [3.63, 3.8) is 0 Å². The van der Waals surface area contributed by atoms with Crippen molar-refractivity contribution in [2.24, 2.45) is 5.92 Å². The molecule has 0 aliphatic rings. The Hall–Kier alpha value is -0.120. The lowest BCUT2D eigenvalue weighted by molar-refractivity contribution is 0.127. The molecular weight excluding hydrogens is 253 g/mol. The van der Waals surface area contributed by atoms with E-state index < -0.39 is 6.10 Å². The average Bonchev–Trinajstić information content (AvgIpc) is 2.08. The van der Waals surface area contributed by atoms with Crippen molar-refractivity contribution >= 4 is 27.5 Å². The summed E-state index contributed by atoms with van der Waals surface area (Å²) >= 11 is 9.12. The molecule has 0 fully saturated rings. The highest BCUT2D eigenvalue weighted by molar-refractivity contribution is 9.10. The molecule has 4 heteroatoms. The van der Waals surface area contributed by atoms with Crippen LogP contribution in [0.1, 0.15) is 25.5 Å². The molecule has 0 radical (unpaired) electrons. The summed E-state index contributed by atoms with van der Waals surface area (Å²) in [4.78, 5) is 3.95. The highest BCUT2D eigenvalue weighted by Crippen LogP contribution is 2.29. The fraction of sp³-hybridized carbons (Fsp3) is 0.444. The first kappa shape index (κ1) is 11.0. The molecule has 0 aliphatic heterocycles. The predicted octanol–water partition coefficient (Wildman–Crippen LogP) is 3.19. The number of hydrogen-bond donors (Lipinski definition) is 1. The molecule has 72 valence electrons. The average molecular weight is 265 g/mol. The van der Waals surface area contributed by atoms with Gasteiger partial charge in [-0.15, -0.1) is 0 Å². The predicted molar refractivity (Wildman–Crippen MR) is 56.7 cm³/mol. The third kappa shape index (κ3) is 2.66. The van der Waals surface area contributed by atoms with Crippen LogP contribution in [0.5, 0.6) is 0 Å².